The van der Waals surface area contributed by atoms with Gasteiger partial charge in [-0.2, -0.15) is 0 Å². The normalized spacial score (nSPS) is 16.8. The second-order valence-electron chi connectivity index (χ2n) is 2.26. The summed E-state index contributed by atoms with van der Waals surface area (Å²) in [6.45, 7) is 2.73. The summed E-state index contributed by atoms with van der Waals surface area (Å²) in [4.78, 5) is 0. The van der Waals surface area contributed by atoms with Gasteiger partial charge in [0.1, 0.15) is 0 Å². The highest BCUT2D eigenvalue weighted by atomic mass is 16.6. The van der Waals surface area contributed by atoms with Crippen LogP contribution in [-0.2, 0) is 4.74 Å². The van der Waals surface area contributed by atoms with E-state index in [4.69, 9.17) is 21.3 Å². The average molecular weight is 148 g/mol. The quantitative estimate of drug-likeness (QED) is 0.345. The Morgan fingerprint density at radius 3 is 2.60 bits per heavy atom. The molecule has 0 rings (SSSR count). The second kappa shape index (κ2) is 5.61. The molecule has 4 heteroatoms. The molecule has 10 heavy (non-hydrogen) atoms. The van der Waals surface area contributed by atoms with Crippen LogP contribution < -0.4 is 11.5 Å². The molecule has 0 heterocycles. The maximum absolute atomic E-state index is 8.97. The molecule has 5 N–H and O–H groups in total. The van der Waals surface area contributed by atoms with Crippen molar-refractivity contribution in [2.75, 3.05) is 13.2 Å². The lowest BCUT2D eigenvalue weighted by Gasteiger charge is -2.14. The van der Waals surface area contributed by atoms with Crippen LogP contribution in [0.4, 0.5) is 0 Å². The summed E-state index contributed by atoms with van der Waals surface area (Å²) in [7, 11) is 0. The molecule has 2 unspecified atom stereocenters. The van der Waals surface area contributed by atoms with E-state index in [2.05, 4.69) is 0 Å². The molecule has 0 aromatic heterocycles. The number of aliphatic hydroxyl groups is 1. The van der Waals surface area contributed by atoms with E-state index in [1.54, 1.807) is 6.92 Å². The van der Waals surface area contributed by atoms with Crippen LogP contribution in [-0.4, -0.2) is 30.6 Å². The minimum Gasteiger partial charge on any atom is -0.367 e. The van der Waals surface area contributed by atoms with Crippen molar-refractivity contribution in [2.45, 2.75) is 25.7 Å². The van der Waals surface area contributed by atoms with Gasteiger partial charge in [0.05, 0.1) is 12.6 Å². The Kier molecular flexibility index (Phi) is 5.52. The number of ether oxygens (including phenoxy) is 1. The van der Waals surface area contributed by atoms with E-state index in [-0.39, 0.29) is 6.04 Å². The third-order valence-electron chi connectivity index (χ3n) is 1.09. The highest BCUT2D eigenvalue weighted by Crippen LogP contribution is 1.92. The van der Waals surface area contributed by atoms with Crippen LogP contribution >= 0.6 is 0 Å². The molecule has 0 saturated heterocycles. The third kappa shape index (κ3) is 4.69. The standard InChI is InChI=1S/C6H16N2O2/c1-5(8)6(9)10-4-2-3-7/h5-6,9H,2-4,7-8H2,1H3. The summed E-state index contributed by atoms with van der Waals surface area (Å²) in [6, 6.07) is -0.335. The topological polar surface area (TPSA) is 81.5 Å². The van der Waals surface area contributed by atoms with Gasteiger partial charge < -0.3 is 21.3 Å². The Balaban J connectivity index is 3.13. The molecule has 0 aliphatic rings. The van der Waals surface area contributed by atoms with E-state index < -0.39 is 6.29 Å². The molecule has 0 aliphatic carbocycles. The maximum atomic E-state index is 8.97. The van der Waals surface area contributed by atoms with Crippen LogP contribution in [0.3, 0.4) is 0 Å². The molecular formula is C6H16N2O2. The van der Waals surface area contributed by atoms with Crippen LogP contribution in [0, 0.1) is 0 Å². The van der Waals surface area contributed by atoms with Gasteiger partial charge in [-0.05, 0) is 19.9 Å². The number of aliphatic hydroxyl groups excluding tert-OH is 1. The molecule has 4 nitrogen and oxygen atoms in total. The fraction of sp³-hybridized carbons (Fsp3) is 1.00. The van der Waals surface area contributed by atoms with Gasteiger partial charge in [-0.1, -0.05) is 0 Å². The average Bonchev–Trinajstić information content (AvgIpc) is 1.88. The fourth-order valence-corrected chi connectivity index (χ4v) is 0.439. The van der Waals surface area contributed by atoms with Gasteiger partial charge in [-0.25, -0.2) is 0 Å². The summed E-state index contributed by atoms with van der Waals surface area (Å²) in [6.07, 6.45) is -0.101. The molecule has 0 aliphatic heterocycles. The first-order chi connectivity index (χ1) is 4.68. The van der Waals surface area contributed by atoms with Crippen molar-refractivity contribution < 1.29 is 9.84 Å². The summed E-state index contributed by atoms with van der Waals surface area (Å²) >= 11 is 0. The van der Waals surface area contributed by atoms with Crippen molar-refractivity contribution in [1.82, 2.24) is 0 Å². The van der Waals surface area contributed by atoms with Crippen LogP contribution in [0.1, 0.15) is 13.3 Å². The molecule has 0 amide bonds. The minimum absolute atomic E-state index is 0.335. The van der Waals surface area contributed by atoms with Crippen LogP contribution in [0.5, 0.6) is 0 Å². The minimum atomic E-state index is -0.855. The van der Waals surface area contributed by atoms with E-state index >= 15 is 0 Å². The smallest absolute Gasteiger partial charge is 0.169 e. The summed E-state index contributed by atoms with van der Waals surface area (Å²) in [5, 5.41) is 8.97. The highest BCUT2D eigenvalue weighted by molar-refractivity contribution is 4.54. The van der Waals surface area contributed by atoms with Crippen molar-refractivity contribution >= 4 is 0 Å². The van der Waals surface area contributed by atoms with Gasteiger partial charge in [0.25, 0.3) is 0 Å². The molecule has 2 atom stereocenters. The van der Waals surface area contributed by atoms with E-state index in [1.165, 1.54) is 0 Å². The lowest BCUT2D eigenvalue weighted by molar-refractivity contribution is -0.110. The summed E-state index contributed by atoms with van der Waals surface area (Å²) in [5.74, 6) is 0. The van der Waals surface area contributed by atoms with Gasteiger partial charge in [0, 0.05) is 0 Å². The summed E-state index contributed by atoms with van der Waals surface area (Å²) < 4.78 is 4.89. The van der Waals surface area contributed by atoms with Crippen molar-refractivity contribution in [1.29, 1.82) is 0 Å². The largest absolute Gasteiger partial charge is 0.367 e. The van der Waals surface area contributed by atoms with E-state index in [9.17, 15) is 0 Å². The van der Waals surface area contributed by atoms with E-state index in [0.717, 1.165) is 6.42 Å². The van der Waals surface area contributed by atoms with Gasteiger partial charge in [-0.3, -0.25) is 0 Å². The Labute approximate surface area is 61.2 Å². The highest BCUT2D eigenvalue weighted by Gasteiger charge is 2.07. The van der Waals surface area contributed by atoms with E-state index in [1.807, 2.05) is 0 Å². The van der Waals surface area contributed by atoms with Crippen molar-refractivity contribution in [3.05, 3.63) is 0 Å². The number of hydrogen-bond acceptors (Lipinski definition) is 4. The molecule has 62 valence electrons. The number of nitrogens with two attached hydrogens (primary N) is 2. The zero-order valence-electron chi connectivity index (χ0n) is 6.29. The van der Waals surface area contributed by atoms with Crippen LogP contribution in [0.25, 0.3) is 0 Å². The van der Waals surface area contributed by atoms with E-state index in [0.29, 0.717) is 13.2 Å². The maximum Gasteiger partial charge on any atom is 0.169 e. The predicted molar refractivity (Wildman–Crippen MR) is 39.3 cm³/mol. The summed E-state index contributed by atoms with van der Waals surface area (Å²) in [5.41, 5.74) is 10.5. The Hall–Kier alpha value is -0.160. The number of rotatable bonds is 5. The van der Waals surface area contributed by atoms with Gasteiger partial charge in [-0.15, -0.1) is 0 Å². The van der Waals surface area contributed by atoms with Crippen LogP contribution in [0.2, 0.25) is 0 Å². The molecular weight excluding hydrogens is 132 g/mol. The van der Waals surface area contributed by atoms with Crippen molar-refractivity contribution in [3.63, 3.8) is 0 Å². The predicted octanol–water partition coefficient (Wildman–Crippen LogP) is -0.983. The van der Waals surface area contributed by atoms with Crippen molar-refractivity contribution in [3.8, 4) is 0 Å². The first-order valence-corrected chi connectivity index (χ1v) is 3.43. The molecule has 0 spiro atoms. The van der Waals surface area contributed by atoms with Gasteiger partial charge in [0.15, 0.2) is 6.29 Å². The van der Waals surface area contributed by atoms with Crippen molar-refractivity contribution in [2.24, 2.45) is 11.5 Å². The van der Waals surface area contributed by atoms with Gasteiger partial charge in [0.2, 0.25) is 0 Å². The Bertz CT molecular complexity index is 78.1. The molecule has 0 radical (unpaired) electrons. The van der Waals surface area contributed by atoms with Crippen LogP contribution in [0.15, 0.2) is 0 Å². The molecule has 0 fully saturated rings. The third-order valence-corrected chi connectivity index (χ3v) is 1.09. The molecule has 0 saturated carbocycles. The Morgan fingerprint density at radius 1 is 1.60 bits per heavy atom. The molecule has 0 aromatic carbocycles. The first-order valence-electron chi connectivity index (χ1n) is 3.43. The second-order valence-corrected chi connectivity index (χ2v) is 2.26. The molecule has 0 bridgehead atoms. The molecule has 0 aromatic rings. The fourth-order valence-electron chi connectivity index (χ4n) is 0.439. The zero-order valence-corrected chi connectivity index (χ0v) is 6.29. The lowest BCUT2D eigenvalue weighted by Crippen LogP contribution is -2.34. The lowest BCUT2D eigenvalue weighted by atomic mass is 10.3. The zero-order chi connectivity index (χ0) is 7.98. The first kappa shape index (κ1) is 9.84. The monoisotopic (exact) mass is 148 g/mol. The SMILES string of the molecule is CC(N)C(O)OCCCN. The van der Waals surface area contributed by atoms with Gasteiger partial charge >= 0.3 is 0 Å². The Morgan fingerprint density at radius 2 is 2.20 bits per heavy atom. The number of hydrogen-bond donors (Lipinski definition) is 3.